The van der Waals surface area contributed by atoms with E-state index in [1.165, 1.54) is 0 Å². The second-order valence-electron chi connectivity index (χ2n) is 4.57. The number of benzene rings is 1. The van der Waals surface area contributed by atoms with E-state index in [1.54, 1.807) is 24.3 Å². The topological polar surface area (TPSA) is 75.1 Å². The summed E-state index contributed by atoms with van der Waals surface area (Å²) in [7, 11) is 0. The van der Waals surface area contributed by atoms with Gasteiger partial charge in [-0.25, -0.2) is 14.8 Å². The molecule has 1 aromatic carbocycles. The second-order valence-corrected chi connectivity index (χ2v) is 4.57. The van der Waals surface area contributed by atoms with Crippen molar-refractivity contribution in [2.24, 2.45) is 0 Å². The van der Waals surface area contributed by atoms with Gasteiger partial charge in [0.15, 0.2) is 0 Å². The third-order valence-corrected chi connectivity index (χ3v) is 2.78. The van der Waals surface area contributed by atoms with E-state index in [0.717, 1.165) is 35.9 Å². The van der Waals surface area contributed by atoms with Gasteiger partial charge in [0.1, 0.15) is 11.6 Å². The van der Waals surface area contributed by atoms with Gasteiger partial charge in [-0.15, -0.1) is 0 Å². The van der Waals surface area contributed by atoms with E-state index in [0.29, 0.717) is 0 Å². The molecule has 0 amide bonds. The van der Waals surface area contributed by atoms with Crippen molar-refractivity contribution >= 4 is 17.5 Å². The SMILES string of the molecule is CCCc1nc(C)cc(Nc2ccc(C(=O)O)cc2)n1. The Hall–Kier alpha value is -2.43. The molecule has 1 aromatic heterocycles. The molecule has 2 rings (SSSR count). The van der Waals surface area contributed by atoms with Crippen LogP contribution in [-0.4, -0.2) is 21.0 Å². The van der Waals surface area contributed by atoms with E-state index in [1.807, 2.05) is 13.0 Å². The van der Waals surface area contributed by atoms with E-state index in [9.17, 15) is 4.79 Å². The maximum Gasteiger partial charge on any atom is 0.335 e. The van der Waals surface area contributed by atoms with Gasteiger partial charge < -0.3 is 10.4 Å². The van der Waals surface area contributed by atoms with Crippen molar-refractivity contribution in [3.63, 3.8) is 0 Å². The highest BCUT2D eigenvalue weighted by Crippen LogP contribution is 2.16. The normalized spacial score (nSPS) is 10.3. The molecule has 0 radical (unpaired) electrons. The summed E-state index contributed by atoms with van der Waals surface area (Å²) >= 11 is 0. The third kappa shape index (κ3) is 3.54. The molecule has 0 aliphatic heterocycles. The first-order valence-electron chi connectivity index (χ1n) is 6.53. The van der Waals surface area contributed by atoms with Crippen molar-refractivity contribution in [3.05, 3.63) is 47.4 Å². The van der Waals surface area contributed by atoms with Crippen LogP contribution >= 0.6 is 0 Å². The molecule has 0 bridgehead atoms. The molecule has 104 valence electrons. The predicted molar refractivity (Wildman–Crippen MR) is 77.4 cm³/mol. The fourth-order valence-corrected chi connectivity index (χ4v) is 1.87. The summed E-state index contributed by atoms with van der Waals surface area (Å²) in [6, 6.07) is 8.43. The Morgan fingerprint density at radius 3 is 2.55 bits per heavy atom. The minimum atomic E-state index is -0.931. The molecule has 0 aliphatic rings. The lowest BCUT2D eigenvalue weighted by atomic mass is 10.2. The lowest BCUT2D eigenvalue weighted by Crippen LogP contribution is -2.02. The van der Waals surface area contributed by atoms with Crippen molar-refractivity contribution in [1.82, 2.24) is 9.97 Å². The van der Waals surface area contributed by atoms with Crippen molar-refractivity contribution in [2.45, 2.75) is 26.7 Å². The van der Waals surface area contributed by atoms with Gasteiger partial charge in [0, 0.05) is 23.9 Å². The minimum Gasteiger partial charge on any atom is -0.478 e. The average molecular weight is 271 g/mol. The molecule has 1 heterocycles. The summed E-state index contributed by atoms with van der Waals surface area (Å²) in [6.45, 7) is 4.02. The van der Waals surface area contributed by atoms with Gasteiger partial charge in [-0.1, -0.05) is 6.92 Å². The number of aryl methyl sites for hydroxylation is 2. The van der Waals surface area contributed by atoms with Gasteiger partial charge in [-0.3, -0.25) is 0 Å². The summed E-state index contributed by atoms with van der Waals surface area (Å²) < 4.78 is 0. The van der Waals surface area contributed by atoms with Crippen molar-refractivity contribution in [1.29, 1.82) is 0 Å². The quantitative estimate of drug-likeness (QED) is 0.873. The summed E-state index contributed by atoms with van der Waals surface area (Å²) in [6.07, 6.45) is 1.84. The van der Waals surface area contributed by atoms with Gasteiger partial charge in [0.05, 0.1) is 5.56 Å². The Bertz CT molecular complexity index is 609. The largest absolute Gasteiger partial charge is 0.478 e. The molecule has 0 saturated heterocycles. The zero-order valence-electron chi connectivity index (χ0n) is 11.6. The summed E-state index contributed by atoms with van der Waals surface area (Å²) in [5.41, 5.74) is 1.98. The van der Waals surface area contributed by atoms with Crippen LogP contribution in [0.5, 0.6) is 0 Å². The number of aromatic nitrogens is 2. The molecule has 20 heavy (non-hydrogen) atoms. The molecule has 5 nitrogen and oxygen atoms in total. The number of hydrogen-bond donors (Lipinski definition) is 2. The second kappa shape index (κ2) is 6.14. The smallest absolute Gasteiger partial charge is 0.335 e. The van der Waals surface area contributed by atoms with E-state index < -0.39 is 5.97 Å². The summed E-state index contributed by atoms with van der Waals surface area (Å²) in [5, 5.41) is 12.0. The van der Waals surface area contributed by atoms with Gasteiger partial charge in [-0.2, -0.15) is 0 Å². The van der Waals surface area contributed by atoms with Crippen LogP contribution in [0.25, 0.3) is 0 Å². The molecule has 0 atom stereocenters. The van der Waals surface area contributed by atoms with Crippen LogP contribution in [0, 0.1) is 6.92 Å². The molecule has 2 N–H and O–H groups in total. The fourth-order valence-electron chi connectivity index (χ4n) is 1.87. The number of hydrogen-bond acceptors (Lipinski definition) is 4. The van der Waals surface area contributed by atoms with Gasteiger partial charge in [0.2, 0.25) is 0 Å². The Labute approximate surface area is 117 Å². The predicted octanol–water partition coefficient (Wildman–Crippen LogP) is 3.18. The zero-order valence-corrected chi connectivity index (χ0v) is 11.6. The van der Waals surface area contributed by atoms with Gasteiger partial charge >= 0.3 is 5.97 Å². The third-order valence-electron chi connectivity index (χ3n) is 2.78. The van der Waals surface area contributed by atoms with Gasteiger partial charge in [0.25, 0.3) is 0 Å². The van der Waals surface area contributed by atoms with Gasteiger partial charge in [-0.05, 0) is 37.6 Å². The van der Waals surface area contributed by atoms with E-state index in [2.05, 4.69) is 22.2 Å². The van der Waals surface area contributed by atoms with E-state index >= 15 is 0 Å². The van der Waals surface area contributed by atoms with Crippen LogP contribution in [0.3, 0.4) is 0 Å². The van der Waals surface area contributed by atoms with E-state index in [4.69, 9.17) is 5.11 Å². The monoisotopic (exact) mass is 271 g/mol. The van der Waals surface area contributed by atoms with Crippen LogP contribution in [0.1, 0.15) is 35.2 Å². The number of carbonyl (C=O) groups is 1. The molecule has 0 saturated carbocycles. The van der Waals surface area contributed by atoms with Crippen LogP contribution in [0.15, 0.2) is 30.3 Å². The molecular weight excluding hydrogens is 254 g/mol. The number of nitrogens with one attached hydrogen (secondary N) is 1. The van der Waals surface area contributed by atoms with Crippen LogP contribution in [0.4, 0.5) is 11.5 Å². The number of carboxylic acids is 1. The Morgan fingerprint density at radius 1 is 1.25 bits per heavy atom. The van der Waals surface area contributed by atoms with Crippen LogP contribution < -0.4 is 5.32 Å². The number of carboxylic acid groups (broad SMARTS) is 1. The first-order chi connectivity index (χ1) is 9.58. The molecule has 5 heteroatoms. The number of aromatic carboxylic acids is 1. The maximum atomic E-state index is 10.8. The van der Waals surface area contributed by atoms with Crippen molar-refractivity contribution < 1.29 is 9.90 Å². The molecule has 0 aliphatic carbocycles. The zero-order chi connectivity index (χ0) is 14.5. The Kier molecular flexibility index (Phi) is 4.30. The molecular formula is C15H17N3O2. The standard InChI is InChI=1S/C15H17N3O2/c1-3-4-13-16-10(2)9-14(18-13)17-12-7-5-11(6-8-12)15(19)20/h5-9H,3-4H2,1-2H3,(H,19,20)(H,16,17,18). The Balaban J connectivity index is 2.18. The lowest BCUT2D eigenvalue weighted by molar-refractivity contribution is 0.0697. The highest BCUT2D eigenvalue weighted by atomic mass is 16.4. The first kappa shape index (κ1) is 14.0. The number of anilines is 2. The summed E-state index contributed by atoms with van der Waals surface area (Å²) in [5.74, 6) is 0.612. The first-order valence-corrected chi connectivity index (χ1v) is 6.53. The summed E-state index contributed by atoms with van der Waals surface area (Å²) in [4.78, 5) is 19.6. The maximum absolute atomic E-state index is 10.8. The highest BCUT2D eigenvalue weighted by molar-refractivity contribution is 5.88. The molecule has 2 aromatic rings. The number of rotatable bonds is 5. The van der Waals surface area contributed by atoms with Crippen LogP contribution in [0.2, 0.25) is 0 Å². The Morgan fingerprint density at radius 2 is 1.95 bits per heavy atom. The fraction of sp³-hybridized carbons (Fsp3) is 0.267. The van der Waals surface area contributed by atoms with Crippen molar-refractivity contribution in [2.75, 3.05) is 5.32 Å². The van der Waals surface area contributed by atoms with Crippen LogP contribution in [-0.2, 0) is 6.42 Å². The van der Waals surface area contributed by atoms with E-state index in [-0.39, 0.29) is 5.56 Å². The van der Waals surface area contributed by atoms with Crippen molar-refractivity contribution in [3.8, 4) is 0 Å². The number of nitrogens with zero attached hydrogens (tertiary/aromatic N) is 2. The molecule has 0 unspecified atom stereocenters. The highest BCUT2D eigenvalue weighted by Gasteiger charge is 2.04. The lowest BCUT2D eigenvalue weighted by Gasteiger charge is -2.08. The molecule has 0 spiro atoms. The molecule has 0 fully saturated rings. The average Bonchev–Trinajstić information content (AvgIpc) is 2.39. The minimum absolute atomic E-state index is 0.265.